The molecule has 1 aromatic heterocycles. The second kappa shape index (κ2) is 7.74. The van der Waals surface area contributed by atoms with Crippen LogP contribution in [0, 0.1) is 13.8 Å². The summed E-state index contributed by atoms with van der Waals surface area (Å²) in [5.74, 6) is 1.59. The number of thioether (sulfide) groups is 2. The smallest absolute Gasteiger partial charge is 0.268 e. The lowest BCUT2D eigenvalue weighted by molar-refractivity contribution is 0.738. The van der Waals surface area contributed by atoms with E-state index in [0.29, 0.717) is 5.75 Å². The van der Waals surface area contributed by atoms with Crippen LogP contribution in [0.25, 0.3) is 5.69 Å². The van der Waals surface area contributed by atoms with E-state index >= 15 is 0 Å². The second-order valence-electron chi connectivity index (χ2n) is 6.64. The molecule has 3 nitrogen and oxygen atoms in total. The van der Waals surface area contributed by atoms with Crippen molar-refractivity contribution in [3.05, 3.63) is 80.2 Å². The Morgan fingerprint density at radius 2 is 1.93 bits per heavy atom. The lowest BCUT2D eigenvalue weighted by Gasteiger charge is -2.15. The lowest BCUT2D eigenvalue weighted by Crippen LogP contribution is -2.24. The molecule has 0 saturated carbocycles. The molecule has 2 heterocycles. The van der Waals surface area contributed by atoms with Gasteiger partial charge in [-0.15, -0.1) is 11.8 Å². The molecule has 0 atom stereocenters. The van der Waals surface area contributed by atoms with Gasteiger partial charge < -0.3 is 0 Å². The van der Waals surface area contributed by atoms with Crippen molar-refractivity contribution in [3.8, 4) is 5.69 Å². The molecule has 1 aliphatic heterocycles. The third kappa shape index (κ3) is 3.82. The van der Waals surface area contributed by atoms with Crippen molar-refractivity contribution in [3.63, 3.8) is 0 Å². The van der Waals surface area contributed by atoms with Crippen LogP contribution in [-0.2, 0) is 12.2 Å². The Balaban J connectivity index is 1.81. The molecule has 0 N–H and O–H groups in total. The lowest BCUT2D eigenvalue weighted by atomic mass is 10.1. The summed E-state index contributed by atoms with van der Waals surface area (Å²) in [5, 5.41) is 1.47. The normalized spacial score (nSPS) is 13.0. The van der Waals surface area contributed by atoms with Gasteiger partial charge in [0.05, 0.1) is 16.3 Å². The van der Waals surface area contributed by atoms with Gasteiger partial charge in [-0.3, -0.25) is 9.36 Å². The van der Waals surface area contributed by atoms with Crippen molar-refractivity contribution < 1.29 is 0 Å². The van der Waals surface area contributed by atoms with Gasteiger partial charge in [-0.05, 0) is 48.7 Å². The summed E-state index contributed by atoms with van der Waals surface area (Å²) in [6.07, 6.45) is 0.850. The number of nitrogens with zero attached hydrogens (tertiary/aromatic N) is 2. The summed E-state index contributed by atoms with van der Waals surface area (Å²) in [7, 11) is 0. The van der Waals surface area contributed by atoms with Gasteiger partial charge in [0.2, 0.25) is 0 Å². The summed E-state index contributed by atoms with van der Waals surface area (Å²) in [6, 6.07) is 14.0. The molecule has 0 saturated heterocycles. The molecule has 0 radical (unpaired) electrons. The van der Waals surface area contributed by atoms with Crippen molar-refractivity contribution in [2.45, 2.75) is 36.1 Å². The maximum absolute atomic E-state index is 13.2. The fraction of sp³-hybridized carbons (Fsp3) is 0.238. The molecule has 0 unspecified atom stereocenters. The zero-order valence-corrected chi connectivity index (χ0v) is 17.5. The van der Waals surface area contributed by atoms with Gasteiger partial charge in [-0.2, -0.15) is 0 Å². The Bertz CT molecular complexity index is 1060. The Kier molecular flexibility index (Phi) is 5.35. The first kappa shape index (κ1) is 18.7. The molecule has 0 amide bonds. The SMILES string of the molecule is Cc1cc(C)cc(-n2c(SCc3ccccc3Cl)nc3c(c2=O)SCC3)c1. The molecule has 3 aromatic rings. The third-order valence-corrected chi connectivity index (χ3v) is 6.91. The number of hydrogen-bond donors (Lipinski definition) is 0. The quantitative estimate of drug-likeness (QED) is 0.420. The monoisotopic (exact) mass is 414 g/mol. The predicted octanol–water partition coefficient (Wildman–Crippen LogP) is 5.44. The van der Waals surface area contributed by atoms with E-state index in [9.17, 15) is 4.79 Å². The summed E-state index contributed by atoms with van der Waals surface area (Å²) in [5.41, 5.74) is 5.14. The minimum atomic E-state index is 0.0363. The van der Waals surface area contributed by atoms with Crippen molar-refractivity contribution in [2.24, 2.45) is 0 Å². The highest BCUT2D eigenvalue weighted by molar-refractivity contribution is 7.99. The summed E-state index contributed by atoms with van der Waals surface area (Å²) >= 11 is 9.48. The van der Waals surface area contributed by atoms with Gasteiger partial charge in [0, 0.05) is 22.9 Å². The van der Waals surface area contributed by atoms with E-state index in [0.717, 1.165) is 55.3 Å². The number of hydrogen-bond acceptors (Lipinski definition) is 4. The van der Waals surface area contributed by atoms with E-state index in [1.54, 1.807) is 28.1 Å². The van der Waals surface area contributed by atoms with E-state index in [1.165, 1.54) is 0 Å². The molecule has 0 spiro atoms. The Morgan fingerprint density at radius 3 is 2.67 bits per heavy atom. The average Bonchev–Trinajstić information content (AvgIpc) is 3.09. The van der Waals surface area contributed by atoms with Crippen LogP contribution in [0.3, 0.4) is 0 Å². The van der Waals surface area contributed by atoms with Gasteiger partial charge in [0.15, 0.2) is 5.16 Å². The second-order valence-corrected chi connectivity index (χ2v) is 9.09. The highest BCUT2D eigenvalue weighted by Gasteiger charge is 2.23. The number of fused-ring (bicyclic) bond motifs is 1. The van der Waals surface area contributed by atoms with Crippen LogP contribution in [0.1, 0.15) is 22.4 Å². The molecule has 6 heteroatoms. The van der Waals surface area contributed by atoms with Crippen LogP contribution in [0.5, 0.6) is 0 Å². The van der Waals surface area contributed by atoms with Crippen LogP contribution in [0.15, 0.2) is 57.3 Å². The maximum Gasteiger partial charge on any atom is 0.272 e. The Labute approximate surface area is 172 Å². The number of benzene rings is 2. The first-order valence-corrected chi connectivity index (χ1v) is 11.1. The Hall–Kier alpha value is -1.69. The molecule has 2 aromatic carbocycles. The van der Waals surface area contributed by atoms with E-state index in [4.69, 9.17) is 16.6 Å². The number of rotatable bonds is 4. The fourth-order valence-corrected chi connectivity index (χ4v) is 5.59. The zero-order chi connectivity index (χ0) is 19.0. The minimum absolute atomic E-state index is 0.0363. The topological polar surface area (TPSA) is 34.9 Å². The zero-order valence-electron chi connectivity index (χ0n) is 15.2. The highest BCUT2D eigenvalue weighted by Crippen LogP contribution is 2.32. The van der Waals surface area contributed by atoms with Gasteiger partial charge in [-0.25, -0.2) is 4.98 Å². The first-order valence-electron chi connectivity index (χ1n) is 8.76. The van der Waals surface area contributed by atoms with Crippen molar-refractivity contribution >= 4 is 35.1 Å². The standard InChI is InChI=1S/C21H19ClN2OS2/c1-13-9-14(2)11-16(10-13)24-20(25)19-18(7-8-26-19)23-21(24)27-12-15-5-3-4-6-17(15)22/h3-6,9-11H,7-8,12H2,1-2H3. The predicted molar refractivity (Wildman–Crippen MR) is 115 cm³/mol. The number of aryl methyl sites for hydroxylation is 3. The molecule has 0 aliphatic carbocycles. The molecule has 4 rings (SSSR count). The summed E-state index contributed by atoms with van der Waals surface area (Å²) < 4.78 is 1.76. The van der Waals surface area contributed by atoms with Crippen LogP contribution in [0.4, 0.5) is 0 Å². The van der Waals surface area contributed by atoms with Crippen LogP contribution in [0.2, 0.25) is 5.02 Å². The van der Waals surface area contributed by atoms with Crippen molar-refractivity contribution in [2.75, 3.05) is 5.75 Å². The van der Waals surface area contributed by atoms with E-state index in [1.807, 2.05) is 50.2 Å². The van der Waals surface area contributed by atoms with E-state index in [2.05, 4.69) is 6.07 Å². The number of halogens is 1. The first-order chi connectivity index (χ1) is 13.0. The molecule has 138 valence electrons. The molecular weight excluding hydrogens is 396 g/mol. The molecular formula is C21H19ClN2OS2. The van der Waals surface area contributed by atoms with Gasteiger partial charge >= 0.3 is 0 Å². The van der Waals surface area contributed by atoms with Crippen LogP contribution >= 0.6 is 35.1 Å². The van der Waals surface area contributed by atoms with Gasteiger partial charge in [-0.1, -0.05) is 47.6 Å². The Morgan fingerprint density at radius 1 is 1.19 bits per heavy atom. The summed E-state index contributed by atoms with van der Waals surface area (Å²) in [6.45, 7) is 4.10. The number of aromatic nitrogens is 2. The van der Waals surface area contributed by atoms with E-state index in [-0.39, 0.29) is 5.56 Å². The molecule has 0 fully saturated rings. The van der Waals surface area contributed by atoms with Crippen molar-refractivity contribution in [1.82, 2.24) is 9.55 Å². The van der Waals surface area contributed by atoms with Gasteiger partial charge in [0.25, 0.3) is 5.56 Å². The fourth-order valence-electron chi connectivity index (χ4n) is 3.25. The average molecular weight is 415 g/mol. The van der Waals surface area contributed by atoms with Gasteiger partial charge in [0.1, 0.15) is 0 Å². The van der Waals surface area contributed by atoms with Crippen molar-refractivity contribution in [1.29, 1.82) is 0 Å². The maximum atomic E-state index is 13.2. The largest absolute Gasteiger partial charge is 0.272 e. The minimum Gasteiger partial charge on any atom is -0.268 e. The summed E-state index contributed by atoms with van der Waals surface area (Å²) in [4.78, 5) is 18.9. The third-order valence-electron chi connectivity index (χ3n) is 4.45. The van der Waals surface area contributed by atoms with E-state index < -0.39 is 0 Å². The van der Waals surface area contributed by atoms with Crippen LogP contribution in [-0.4, -0.2) is 15.3 Å². The molecule has 1 aliphatic rings. The van der Waals surface area contributed by atoms with Crippen LogP contribution < -0.4 is 5.56 Å². The molecule has 27 heavy (non-hydrogen) atoms. The molecule has 0 bridgehead atoms. The highest BCUT2D eigenvalue weighted by atomic mass is 35.5.